The van der Waals surface area contributed by atoms with Gasteiger partial charge in [-0.1, -0.05) is 18.2 Å². The number of para-hydroxylation sites is 1. The Labute approximate surface area is 114 Å². The molecule has 1 aromatic heterocycles. The third-order valence-corrected chi connectivity index (χ3v) is 4.09. The van der Waals surface area contributed by atoms with Crippen molar-refractivity contribution in [1.82, 2.24) is 10.3 Å². The third kappa shape index (κ3) is 2.67. The van der Waals surface area contributed by atoms with Crippen LogP contribution in [0.25, 0.3) is 10.9 Å². The molecule has 1 heterocycles. The Morgan fingerprint density at radius 1 is 1.42 bits per heavy atom. The summed E-state index contributed by atoms with van der Waals surface area (Å²) in [6, 6.07) is 9.11. The molecule has 3 N–H and O–H groups in total. The second kappa shape index (κ2) is 5.35. The quantitative estimate of drug-likeness (QED) is 0.788. The van der Waals surface area contributed by atoms with E-state index in [1.165, 1.54) is 28.6 Å². The first-order chi connectivity index (χ1) is 9.24. The zero-order valence-corrected chi connectivity index (χ0v) is 11.4. The summed E-state index contributed by atoms with van der Waals surface area (Å²) in [7, 11) is 0. The van der Waals surface area contributed by atoms with E-state index in [0.717, 1.165) is 25.8 Å². The molecule has 0 bridgehead atoms. The Kier molecular flexibility index (Phi) is 3.58. The zero-order valence-electron chi connectivity index (χ0n) is 11.4. The number of benzene rings is 1. The molecule has 1 aliphatic rings. The summed E-state index contributed by atoms with van der Waals surface area (Å²) in [6.45, 7) is 2.75. The molecule has 0 saturated heterocycles. The third-order valence-electron chi connectivity index (χ3n) is 4.09. The summed E-state index contributed by atoms with van der Waals surface area (Å²) in [6.07, 6.45) is 4.02. The van der Waals surface area contributed by atoms with Gasteiger partial charge in [0, 0.05) is 22.6 Å². The molecule has 0 spiro atoms. The van der Waals surface area contributed by atoms with Gasteiger partial charge in [0.25, 0.3) is 0 Å². The lowest BCUT2D eigenvalue weighted by molar-refractivity contribution is 0.181. The maximum Gasteiger partial charge on any atom is 0.0524 e. The molecule has 19 heavy (non-hydrogen) atoms. The first-order valence-corrected chi connectivity index (χ1v) is 7.24. The summed E-state index contributed by atoms with van der Waals surface area (Å²) in [4.78, 5) is 3.54. The minimum atomic E-state index is -0.209. The molecule has 0 aliphatic heterocycles. The molecule has 3 rings (SSSR count). The fourth-order valence-corrected chi connectivity index (χ4v) is 3.04. The summed E-state index contributed by atoms with van der Waals surface area (Å²) in [5, 5.41) is 14.3. The van der Waals surface area contributed by atoms with Crippen molar-refractivity contribution in [2.75, 3.05) is 6.54 Å². The van der Waals surface area contributed by atoms with Crippen LogP contribution in [0.1, 0.15) is 31.0 Å². The highest BCUT2D eigenvalue weighted by molar-refractivity contribution is 5.84. The highest BCUT2D eigenvalue weighted by atomic mass is 16.3. The Morgan fingerprint density at radius 3 is 3.11 bits per heavy atom. The number of aromatic amines is 1. The van der Waals surface area contributed by atoms with Gasteiger partial charge in [0.15, 0.2) is 0 Å². The largest absolute Gasteiger partial charge is 0.393 e. The van der Waals surface area contributed by atoms with Gasteiger partial charge in [0.05, 0.1) is 6.10 Å². The summed E-state index contributed by atoms with van der Waals surface area (Å²) in [5.74, 6) is 0. The number of aliphatic hydroxyl groups excluding tert-OH is 1. The van der Waals surface area contributed by atoms with Gasteiger partial charge in [-0.05, 0) is 50.8 Å². The van der Waals surface area contributed by atoms with Crippen LogP contribution in [0.3, 0.4) is 0 Å². The van der Waals surface area contributed by atoms with Gasteiger partial charge in [0.2, 0.25) is 0 Å². The highest BCUT2D eigenvalue weighted by Gasteiger charge is 2.21. The number of hydrogen-bond acceptors (Lipinski definition) is 2. The monoisotopic (exact) mass is 258 g/mol. The van der Waals surface area contributed by atoms with Crippen LogP contribution in [0, 0.1) is 0 Å². The second-order valence-corrected chi connectivity index (χ2v) is 5.66. The molecule has 1 aromatic carbocycles. The number of aryl methyl sites for hydroxylation is 1. The van der Waals surface area contributed by atoms with Gasteiger partial charge in [-0.2, -0.15) is 0 Å². The molecule has 2 unspecified atom stereocenters. The molecule has 3 nitrogen and oxygen atoms in total. The van der Waals surface area contributed by atoms with Crippen molar-refractivity contribution in [3.05, 3.63) is 35.5 Å². The molecule has 1 aliphatic carbocycles. The average molecular weight is 258 g/mol. The first-order valence-electron chi connectivity index (χ1n) is 7.24. The number of aromatic nitrogens is 1. The van der Waals surface area contributed by atoms with E-state index in [-0.39, 0.29) is 6.10 Å². The van der Waals surface area contributed by atoms with Crippen LogP contribution >= 0.6 is 0 Å². The lowest BCUT2D eigenvalue weighted by Crippen LogP contribution is -2.35. The number of aliphatic hydroxyl groups is 1. The minimum absolute atomic E-state index is 0.209. The SMILES string of the molecule is CC(O)CCNC1CCc2[nH]c3ccccc3c2C1. The maximum absolute atomic E-state index is 9.30. The van der Waals surface area contributed by atoms with Crippen LogP contribution in [0.5, 0.6) is 0 Å². The molecular weight excluding hydrogens is 236 g/mol. The van der Waals surface area contributed by atoms with Gasteiger partial charge < -0.3 is 15.4 Å². The molecule has 2 atom stereocenters. The molecule has 0 amide bonds. The molecular formula is C16H22N2O. The van der Waals surface area contributed by atoms with Crippen molar-refractivity contribution in [2.24, 2.45) is 0 Å². The molecule has 0 radical (unpaired) electrons. The Balaban J connectivity index is 1.72. The van der Waals surface area contributed by atoms with Crippen molar-refractivity contribution in [1.29, 1.82) is 0 Å². The van der Waals surface area contributed by atoms with Crippen LogP contribution < -0.4 is 5.32 Å². The van der Waals surface area contributed by atoms with E-state index in [0.29, 0.717) is 6.04 Å². The van der Waals surface area contributed by atoms with Gasteiger partial charge in [-0.3, -0.25) is 0 Å². The topological polar surface area (TPSA) is 48.0 Å². The van der Waals surface area contributed by atoms with Crippen LogP contribution in [0.4, 0.5) is 0 Å². The molecule has 0 fully saturated rings. The fraction of sp³-hybridized carbons (Fsp3) is 0.500. The van der Waals surface area contributed by atoms with E-state index in [9.17, 15) is 5.11 Å². The number of nitrogens with one attached hydrogen (secondary N) is 2. The number of hydrogen-bond donors (Lipinski definition) is 3. The molecule has 0 saturated carbocycles. The van der Waals surface area contributed by atoms with E-state index >= 15 is 0 Å². The van der Waals surface area contributed by atoms with Gasteiger partial charge in [0.1, 0.15) is 0 Å². The van der Waals surface area contributed by atoms with Crippen LogP contribution in [0.2, 0.25) is 0 Å². The second-order valence-electron chi connectivity index (χ2n) is 5.66. The summed E-state index contributed by atoms with van der Waals surface area (Å²) < 4.78 is 0. The lowest BCUT2D eigenvalue weighted by atomic mass is 9.91. The van der Waals surface area contributed by atoms with E-state index in [1.54, 1.807) is 0 Å². The Morgan fingerprint density at radius 2 is 2.26 bits per heavy atom. The van der Waals surface area contributed by atoms with Crippen molar-refractivity contribution in [3.8, 4) is 0 Å². The standard InChI is InChI=1S/C16H22N2O/c1-11(19)8-9-17-12-6-7-16-14(10-12)13-4-2-3-5-15(13)18-16/h2-5,11-12,17-19H,6-10H2,1H3. The maximum atomic E-state index is 9.30. The van der Waals surface area contributed by atoms with E-state index in [2.05, 4.69) is 34.6 Å². The van der Waals surface area contributed by atoms with Gasteiger partial charge in [-0.25, -0.2) is 0 Å². The van der Waals surface area contributed by atoms with Crippen molar-refractivity contribution < 1.29 is 5.11 Å². The lowest BCUT2D eigenvalue weighted by Gasteiger charge is -2.24. The van der Waals surface area contributed by atoms with Crippen molar-refractivity contribution >= 4 is 10.9 Å². The van der Waals surface area contributed by atoms with E-state index in [1.807, 2.05) is 6.92 Å². The fourth-order valence-electron chi connectivity index (χ4n) is 3.04. The van der Waals surface area contributed by atoms with Crippen LogP contribution in [-0.2, 0) is 12.8 Å². The predicted octanol–water partition coefficient (Wildman–Crippen LogP) is 2.39. The zero-order chi connectivity index (χ0) is 13.2. The highest BCUT2D eigenvalue weighted by Crippen LogP contribution is 2.28. The minimum Gasteiger partial charge on any atom is -0.393 e. The number of rotatable bonds is 4. The molecule has 3 heteroatoms. The average Bonchev–Trinajstić information content (AvgIpc) is 2.76. The molecule has 2 aromatic rings. The van der Waals surface area contributed by atoms with E-state index < -0.39 is 0 Å². The first kappa shape index (κ1) is 12.7. The normalized spacial score (nSPS) is 20.4. The van der Waals surface area contributed by atoms with Gasteiger partial charge >= 0.3 is 0 Å². The molecule has 102 valence electrons. The summed E-state index contributed by atoms with van der Waals surface area (Å²) >= 11 is 0. The number of H-pyrrole nitrogens is 1. The van der Waals surface area contributed by atoms with Crippen molar-refractivity contribution in [2.45, 2.75) is 44.8 Å². The Hall–Kier alpha value is -1.32. The van der Waals surface area contributed by atoms with Gasteiger partial charge in [-0.15, -0.1) is 0 Å². The smallest absolute Gasteiger partial charge is 0.0524 e. The number of fused-ring (bicyclic) bond motifs is 3. The Bertz CT molecular complexity index is 559. The van der Waals surface area contributed by atoms with E-state index in [4.69, 9.17) is 0 Å². The predicted molar refractivity (Wildman–Crippen MR) is 78.4 cm³/mol. The summed E-state index contributed by atoms with van der Waals surface area (Å²) in [5.41, 5.74) is 4.16. The van der Waals surface area contributed by atoms with Crippen molar-refractivity contribution in [3.63, 3.8) is 0 Å². The van der Waals surface area contributed by atoms with Crippen LogP contribution in [0.15, 0.2) is 24.3 Å². The van der Waals surface area contributed by atoms with Crippen LogP contribution in [-0.4, -0.2) is 28.8 Å².